The van der Waals surface area contributed by atoms with E-state index in [4.69, 9.17) is 9.05 Å². The summed E-state index contributed by atoms with van der Waals surface area (Å²) in [7, 11) is 1.62. The van der Waals surface area contributed by atoms with Crippen molar-refractivity contribution < 1.29 is 32.9 Å². The van der Waals surface area contributed by atoms with E-state index in [1.807, 2.05) is 21.1 Å². The molecule has 0 aliphatic heterocycles. The summed E-state index contributed by atoms with van der Waals surface area (Å²) in [6.07, 6.45) is 74.7. The molecule has 0 saturated carbocycles. The third kappa shape index (κ3) is 58.1. The van der Waals surface area contributed by atoms with Gasteiger partial charge in [0.15, 0.2) is 0 Å². The molecule has 3 atom stereocenters. The van der Waals surface area contributed by atoms with E-state index in [9.17, 15) is 19.4 Å². The Morgan fingerprint density at radius 1 is 0.473 bits per heavy atom. The highest BCUT2D eigenvalue weighted by molar-refractivity contribution is 7.47. The molecule has 74 heavy (non-hydrogen) atoms. The molecule has 0 radical (unpaired) electrons. The van der Waals surface area contributed by atoms with Crippen LogP contribution in [0.1, 0.15) is 309 Å². The zero-order valence-corrected chi connectivity index (χ0v) is 50.7. The van der Waals surface area contributed by atoms with Gasteiger partial charge in [0.25, 0.3) is 0 Å². The molecule has 3 unspecified atom stereocenters. The molecule has 9 heteroatoms. The molecule has 0 rings (SSSR count). The maximum Gasteiger partial charge on any atom is 0.472 e. The van der Waals surface area contributed by atoms with Gasteiger partial charge in [0.05, 0.1) is 39.9 Å². The lowest BCUT2D eigenvalue weighted by Gasteiger charge is -2.26. The first kappa shape index (κ1) is 72.5. The second-order valence-electron chi connectivity index (χ2n) is 23.1. The molecule has 0 aromatic rings. The Bertz CT molecular complexity index is 1340. The Hall–Kier alpha value is -1.54. The smallest absolute Gasteiger partial charge is 0.391 e. The first-order valence-corrected chi connectivity index (χ1v) is 33.5. The van der Waals surface area contributed by atoms with Gasteiger partial charge in [-0.2, -0.15) is 0 Å². The second-order valence-corrected chi connectivity index (χ2v) is 24.6. The van der Waals surface area contributed by atoms with E-state index in [0.29, 0.717) is 23.9 Å². The Balaban J connectivity index is 4.09. The summed E-state index contributed by atoms with van der Waals surface area (Å²) in [5.41, 5.74) is 0. The molecule has 0 aliphatic rings. The monoisotopic (exact) mass is 1060 g/mol. The molecule has 0 aromatic carbocycles. The van der Waals surface area contributed by atoms with Gasteiger partial charge in [0.1, 0.15) is 13.2 Å². The van der Waals surface area contributed by atoms with Crippen molar-refractivity contribution >= 4 is 13.7 Å². The number of allylic oxidation sites excluding steroid dienone is 8. The number of carbonyl (C=O) groups excluding carboxylic acids is 1. The average molecular weight is 1060 g/mol. The number of carbonyl (C=O) groups is 1. The van der Waals surface area contributed by atoms with E-state index in [2.05, 4.69) is 67.8 Å². The number of likely N-dealkylation sites (N-methyl/N-ethyl adjacent to an activating group) is 1. The predicted molar refractivity (Wildman–Crippen MR) is 323 cm³/mol. The van der Waals surface area contributed by atoms with Gasteiger partial charge >= 0.3 is 7.82 Å². The first-order chi connectivity index (χ1) is 36.0. The fourth-order valence-electron chi connectivity index (χ4n) is 9.63. The van der Waals surface area contributed by atoms with Crippen LogP contribution in [0.4, 0.5) is 0 Å². The minimum atomic E-state index is -4.33. The quantitative estimate of drug-likeness (QED) is 0.0243. The highest BCUT2D eigenvalue weighted by atomic mass is 31.2. The molecule has 0 spiro atoms. The minimum Gasteiger partial charge on any atom is -0.391 e. The van der Waals surface area contributed by atoms with Crippen LogP contribution in [-0.2, 0) is 18.4 Å². The molecule has 8 nitrogen and oxygen atoms in total. The van der Waals surface area contributed by atoms with Crippen LogP contribution in [0.25, 0.3) is 0 Å². The lowest BCUT2D eigenvalue weighted by molar-refractivity contribution is -0.870. The predicted octanol–water partition coefficient (Wildman–Crippen LogP) is 19.9. The number of nitrogens with zero attached hydrogens (tertiary/aromatic N) is 1. The van der Waals surface area contributed by atoms with Gasteiger partial charge in [0.2, 0.25) is 5.91 Å². The van der Waals surface area contributed by atoms with Crippen molar-refractivity contribution in [1.29, 1.82) is 0 Å². The van der Waals surface area contributed by atoms with E-state index in [0.717, 1.165) is 64.2 Å². The standard InChI is InChI=1S/C65H125N2O6P/c1-6-8-10-12-14-16-18-20-22-24-26-28-30-32-33-35-36-38-40-42-44-46-48-50-52-54-56-58-64(68)63(62-73-74(70,71)72-61-60-67(3,4)5)66-65(69)59-57-55-53-51-49-47-45-43-41-39-37-34-31-29-27-25-23-21-19-17-15-13-11-9-7-2/h9,11,15,17,21,23,27,29,63-64,68H,6-8,10,12-14,16,18-20,22,24-26,28,30-62H2,1-5H3,(H-,66,69,70,71)/p+1/b11-9-,17-15-,23-21-,29-27-. The van der Waals surface area contributed by atoms with E-state index in [-0.39, 0.29) is 19.1 Å². The van der Waals surface area contributed by atoms with Gasteiger partial charge in [0, 0.05) is 6.42 Å². The second kappa shape index (κ2) is 56.2. The van der Waals surface area contributed by atoms with E-state index < -0.39 is 20.0 Å². The van der Waals surface area contributed by atoms with Crippen molar-refractivity contribution in [3.8, 4) is 0 Å². The Morgan fingerprint density at radius 2 is 0.811 bits per heavy atom. The van der Waals surface area contributed by atoms with Gasteiger partial charge in [-0.15, -0.1) is 0 Å². The SMILES string of the molecule is CC/C=C\C/C=C\C/C=C\C/C=C\CCCCCCCCCCCCCCC(=O)NC(COP(=O)(O)OCC[N+](C)(C)C)C(O)CCCCCCCCCCCCCCCCCCCCCCCCCCCCC. The summed E-state index contributed by atoms with van der Waals surface area (Å²) in [5.74, 6) is -0.143. The minimum absolute atomic E-state index is 0.0741. The van der Waals surface area contributed by atoms with Crippen molar-refractivity contribution in [2.24, 2.45) is 0 Å². The van der Waals surface area contributed by atoms with Crippen LogP contribution in [0.15, 0.2) is 48.6 Å². The van der Waals surface area contributed by atoms with E-state index in [1.54, 1.807) is 0 Å². The molecular weight excluding hydrogens is 936 g/mol. The van der Waals surface area contributed by atoms with Gasteiger partial charge in [-0.3, -0.25) is 13.8 Å². The van der Waals surface area contributed by atoms with Crippen LogP contribution in [0, 0.1) is 0 Å². The Labute approximate surface area is 460 Å². The number of amides is 1. The van der Waals surface area contributed by atoms with Gasteiger partial charge in [-0.1, -0.05) is 300 Å². The topological polar surface area (TPSA) is 105 Å². The number of phosphoric acid groups is 1. The highest BCUT2D eigenvalue weighted by Gasteiger charge is 2.28. The molecule has 1 amide bonds. The van der Waals surface area contributed by atoms with Gasteiger partial charge in [-0.25, -0.2) is 4.57 Å². The van der Waals surface area contributed by atoms with Crippen molar-refractivity contribution in [2.45, 2.75) is 321 Å². The summed E-state index contributed by atoms with van der Waals surface area (Å²) < 4.78 is 23.9. The van der Waals surface area contributed by atoms with Crippen molar-refractivity contribution in [1.82, 2.24) is 5.32 Å². The summed E-state index contributed by atoms with van der Waals surface area (Å²) in [6, 6.07) is -0.764. The van der Waals surface area contributed by atoms with Crippen LogP contribution >= 0.6 is 7.82 Å². The van der Waals surface area contributed by atoms with Crippen LogP contribution in [0.5, 0.6) is 0 Å². The molecule has 3 N–H and O–H groups in total. The fourth-order valence-corrected chi connectivity index (χ4v) is 10.4. The van der Waals surface area contributed by atoms with E-state index >= 15 is 0 Å². The summed E-state index contributed by atoms with van der Waals surface area (Å²) >= 11 is 0. The molecule has 0 saturated heterocycles. The van der Waals surface area contributed by atoms with Crippen LogP contribution in [-0.4, -0.2) is 73.4 Å². The number of rotatable bonds is 59. The molecule has 0 bridgehead atoms. The molecule has 436 valence electrons. The average Bonchev–Trinajstić information content (AvgIpc) is 3.36. The first-order valence-electron chi connectivity index (χ1n) is 32.0. The summed E-state index contributed by atoms with van der Waals surface area (Å²) in [4.78, 5) is 23.4. The molecule has 0 aromatic heterocycles. The van der Waals surface area contributed by atoms with Crippen molar-refractivity contribution in [2.75, 3.05) is 40.9 Å². The third-order valence-corrected chi connectivity index (χ3v) is 15.6. The molecular formula is C65H126N2O6P+. The lowest BCUT2D eigenvalue weighted by atomic mass is 10.0. The van der Waals surface area contributed by atoms with Crippen molar-refractivity contribution in [3.63, 3.8) is 0 Å². The summed E-state index contributed by atoms with van der Waals surface area (Å²) in [5, 5.41) is 14.1. The number of phosphoric ester groups is 1. The van der Waals surface area contributed by atoms with Gasteiger partial charge < -0.3 is 19.8 Å². The summed E-state index contributed by atoms with van der Waals surface area (Å²) in [6.45, 7) is 4.82. The maximum absolute atomic E-state index is 13.0. The number of aliphatic hydroxyl groups excluding tert-OH is 1. The maximum atomic E-state index is 13.0. The fraction of sp³-hybridized carbons (Fsp3) is 0.862. The third-order valence-electron chi connectivity index (χ3n) is 14.6. The number of unbranched alkanes of at least 4 members (excludes halogenated alkanes) is 38. The largest absolute Gasteiger partial charge is 0.472 e. The highest BCUT2D eigenvalue weighted by Crippen LogP contribution is 2.43. The Kier molecular flexibility index (Phi) is 55.0. The number of hydrogen-bond acceptors (Lipinski definition) is 5. The number of hydrogen-bond donors (Lipinski definition) is 3. The van der Waals surface area contributed by atoms with Gasteiger partial charge in [-0.05, 0) is 51.4 Å². The van der Waals surface area contributed by atoms with Crippen molar-refractivity contribution in [3.05, 3.63) is 48.6 Å². The Morgan fingerprint density at radius 3 is 1.19 bits per heavy atom. The van der Waals surface area contributed by atoms with E-state index in [1.165, 1.54) is 218 Å². The zero-order chi connectivity index (χ0) is 54.2. The molecule has 0 aliphatic carbocycles. The van der Waals surface area contributed by atoms with Crippen LogP contribution < -0.4 is 5.32 Å². The van der Waals surface area contributed by atoms with Crippen LogP contribution in [0.3, 0.4) is 0 Å². The normalized spacial score (nSPS) is 14.1. The van der Waals surface area contributed by atoms with Crippen LogP contribution in [0.2, 0.25) is 0 Å². The number of nitrogens with one attached hydrogen (secondary N) is 1. The molecule has 0 heterocycles. The lowest BCUT2D eigenvalue weighted by Crippen LogP contribution is -2.46. The zero-order valence-electron chi connectivity index (χ0n) is 49.8. The number of quaternary nitrogens is 1. The molecule has 0 fully saturated rings. The number of aliphatic hydroxyl groups is 1.